The molecule has 27 heavy (non-hydrogen) atoms. The summed E-state index contributed by atoms with van der Waals surface area (Å²) in [5.74, 6) is -1.34. The predicted octanol–water partition coefficient (Wildman–Crippen LogP) is 6.04. The van der Waals surface area contributed by atoms with E-state index in [4.69, 9.17) is 11.6 Å². The first-order valence-electron chi connectivity index (χ1n) is 8.16. The van der Waals surface area contributed by atoms with Gasteiger partial charge in [0.15, 0.2) is 0 Å². The molecule has 4 rings (SSSR count). The van der Waals surface area contributed by atoms with Crippen LogP contribution in [0.4, 0.5) is 4.39 Å². The summed E-state index contributed by atoms with van der Waals surface area (Å²) in [7, 11) is 0. The molecule has 2 aromatic carbocycles. The van der Waals surface area contributed by atoms with Crippen molar-refractivity contribution in [2.75, 3.05) is 0 Å². The fourth-order valence-corrected chi connectivity index (χ4v) is 4.49. The Kier molecular flexibility index (Phi) is 4.64. The number of rotatable bonds is 4. The second-order valence-corrected chi connectivity index (χ2v) is 7.70. The van der Waals surface area contributed by atoms with E-state index in [1.165, 1.54) is 24.4 Å². The van der Waals surface area contributed by atoms with Crippen LogP contribution < -0.4 is 0 Å². The van der Waals surface area contributed by atoms with Crippen molar-refractivity contribution in [1.82, 2.24) is 4.98 Å². The number of thiophene rings is 1. The highest BCUT2D eigenvalue weighted by molar-refractivity contribution is 7.19. The van der Waals surface area contributed by atoms with Crippen molar-refractivity contribution in [1.29, 1.82) is 0 Å². The van der Waals surface area contributed by atoms with Crippen LogP contribution in [0.2, 0.25) is 5.02 Å². The topological polar surface area (TPSA) is 50.2 Å². The average Bonchev–Trinajstić information content (AvgIpc) is 3.03. The minimum Gasteiger partial charge on any atom is -0.478 e. The second kappa shape index (κ2) is 7.10. The highest BCUT2D eigenvalue weighted by Crippen LogP contribution is 2.35. The van der Waals surface area contributed by atoms with Gasteiger partial charge in [-0.15, -0.1) is 11.3 Å². The first kappa shape index (κ1) is 17.6. The molecule has 0 aliphatic rings. The summed E-state index contributed by atoms with van der Waals surface area (Å²) in [4.78, 5) is 16.6. The molecule has 134 valence electrons. The number of aromatic carboxylic acids is 1. The van der Waals surface area contributed by atoms with Crippen LogP contribution in [0.3, 0.4) is 0 Å². The first-order chi connectivity index (χ1) is 13.0. The zero-order chi connectivity index (χ0) is 19.0. The Labute approximate surface area is 163 Å². The molecule has 1 N–H and O–H groups in total. The number of carbonyl (C=O) groups is 1. The zero-order valence-electron chi connectivity index (χ0n) is 13.9. The van der Waals surface area contributed by atoms with Crippen LogP contribution >= 0.6 is 22.9 Å². The number of carboxylic acid groups (broad SMARTS) is 1. The number of benzene rings is 2. The number of nitrogens with zero attached hydrogens (tertiary/aromatic N) is 1. The van der Waals surface area contributed by atoms with Gasteiger partial charge < -0.3 is 5.11 Å². The Bertz CT molecular complexity index is 1150. The normalized spacial score (nSPS) is 11.0. The predicted molar refractivity (Wildman–Crippen MR) is 106 cm³/mol. The Hall–Kier alpha value is -2.76. The van der Waals surface area contributed by atoms with E-state index in [9.17, 15) is 14.3 Å². The van der Waals surface area contributed by atoms with Gasteiger partial charge in [0.1, 0.15) is 5.82 Å². The summed E-state index contributed by atoms with van der Waals surface area (Å²) in [6.45, 7) is 0. The minimum atomic E-state index is -0.985. The van der Waals surface area contributed by atoms with Crippen molar-refractivity contribution in [3.05, 3.63) is 87.6 Å². The molecule has 0 unspecified atom stereocenters. The lowest BCUT2D eigenvalue weighted by Crippen LogP contribution is -1.97. The van der Waals surface area contributed by atoms with Crippen LogP contribution in [0, 0.1) is 5.82 Å². The van der Waals surface area contributed by atoms with Crippen molar-refractivity contribution in [3.8, 4) is 11.3 Å². The maximum Gasteiger partial charge on any atom is 0.335 e. The molecular weight excluding hydrogens is 385 g/mol. The standard InChI is InChI=1S/C21H13ClFNO2S/c22-15-6-12(7-16(23)11-15)8-17-9-13-2-1-3-18(20(13)27-17)19-10-14(21(25)26)4-5-24-19/h1-7,9-11H,8H2,(H,25,26). The Morgan fingerprint density at radius 3 is 2.78 bits per heavy atom. The second-order valence-electron chi connectivity index (χ2n) is 6.13. The van der Waals surface area contributed by atoms with Crippen LogP contribution in [0.5, 0.6) is 0 Å². The Morgan fingerprint density at radius 2 is 2.00 bits per heavy atom. The maximum atomic E-state index is 13.6. The first-order valence-corrected chi connectivity index (χ1v) is 9.35. The Morgan fingerprint density at radius 1 is 1.15 bits per heavy atom. The monoisotopic (exact) mass is 397 g/mol. The SMILES string of the molecule is O=C(O)c1ccnc(-c2cccc3cc(Cc4cc(F)cc(Cl)c4)sc23)c1. The molecule has 0 radical (unpaired) electrons. The van der Waals surface area contributed by atoms with Crippen molar-refractivity contribution in [3.63, 3.8) is 0 Å². The molecule has 0 bridgehead atoms. The molecule has 0 fully saturated rings. The summed E-state index contributed by atoms with van der Waals surface area (Å²) < 4.78 is 14.6. The van der Waals surface area contributed by atoms with Crippen LogP contribution in [0.1, 0.15) is 20.8 Å². The summed E-state index contributed by atoms with van der Waals surface area (Å²) in [5.41, 5.74) is 2.49. The van der Waals surface area contributed by atoms with Crippen molar-refractivity contribution in [2.24, 2.45) is 0 Å². The molecule has 0 amide bonds. The van der Waals surface area contributed by atoms with Gasteiger partial charge in [0, 0.05) is 32.8 Å². The number of fused-ring (bicyclic) bond motifs is 1. The van der Waals surface area contributed by atoms with E-state index >= 15 is 0 Å². The smallest absolute Gasteiger partial charge is 0.335 e. The molecule has 0 atom stereocenters. The average molecular weight is 398 g/mol. The van der Waals surface area contributed by atoms with E-state index in [1.54, 1.807) is 23.5 Å². The number of pyridine rings is 1. The minimum absolute atomic E-state index is 0.197. The van der Waals surface area contributed by atoms with Crippen LogP contribution in [-0.4, -0.2) is 16.1 Å². The van der Waals surface area contributed by atoms with Crippen molar-refractivity contribution >= 4 is 39.0 Å². The third kappa shape index (κ3) is 3.70. The fourth-order valence-electron chi connectivity index (χ4n) is 3.03. The lowest BCUT2D eigenvalue weighted by molar-refractivity contribution is 0.0697. The van der Waals surface area contributed by atoms with Gasteiger partial charge in [-0.05, 0) is 47.3 Å². The van der Waals surface area contributed by atoms with Gasteiger partial charge in [-0.1, -0.05) is 29.8 Å². The molecular formula is C21H13ClFNO2S. The van der Waals surface area contributed by atoms with E-state index in [-0.39, 0.29) is 11.4 Å². The third-order valence-corrected chi connectivity index (χ3v) is 5.58. The number of carboxylic acids is 1. The lowest BCUT2D eigenvalue weighted by Gasteiger charge is -2.03. The lowest BCUT2D eigenvalue weighted by atomic mass is 10.1. The number of halogens is 2. The molecule has 3 nitrogen and oxygen atoms in total. The van der Waals surface area contributed by atoms with E-state index < -0.39 is 5.97 Å². The fraction of sp³-hybridized carbons (Fsp3) is 0.0476. The summed E-state index contributed by atoms with van der Waals surface area (Å²) in [5, 5.41) is 10.6. The van der Waals surface area contributed by atoms with Crippen molar-refractivity contribution < 1.29 is 14.3 Å². The molecule has 0 saturated carbocycles. The van der Waals surface area contributed by atoms with Gasteiger partial charge in [-0.25, -0.2) is 9.18 Å². The molecule has 0 aliphatic carbocycles. The largest absolute Gasteiger partial charge is 0.478 e. The maximum absolute atomic E-state index is 13.6. The summed E-state index contributed by atoms with van der Waals surface area (Å²) >= 11 is 7.53. The summed E-state index contributed by atoms with van der Waals surface area (Å²) in [6, 6.07) is 15.5. The molecule has 4 aromatic rings. The molecule has 0 aliphatic heterocycles. The molecule has 0 saturated heterocycles. The number of hydrogen-bond donors (Lipinski definition) is 1. The van der Waals surface area contributed by atoms with Crippen LogP contribution in [-0.2, 0) is 6.42 Å². The van der Waals surface area contributed by atoms with Gasteiger partial charge in [0.2, 0.25) is 0 Å². The summed E-state index contributed by atoms with van der Waals surface area (Å²) in [6.07, 6.45) is 2.07. The highest BCUT2D eigenvalue weighted by Gasteiger charge is 2.12. The van der Waals surface area contributed by atoms with E-state index in [0.717, 1.165) is 26.1 Å². The Balaban J connectivity index is 1.76. The van der Waals surface area contributed by atoms with Crippen molar-refractivity contribution in [2.45, 2.75) is 6.42 Å². The van der Waals surface area contributed by atoms with Gasteiger partial charge >= 0.3 is 5.97 Å². The van der Waals surface area contributed by atoms with E-state index in [1.807, 2.05) is 18.2 Å². The van der Waals surface area contributed by atoms with Gasteiger partial charge in [-0.2, -0.15) is 0 Å². The van der Waals surface area contributed by atoms with Gasteiger partial charge in [0.05, 0.1) is 11.3 Å². The zero-order valence-corrected chi connectivity index (χ0v) is 15.5. The molecule has 2 heterocycles. The van der Waals surface area contributed by atoms with Gasteiger partial charge in [-0.3, -0.25) is 4.98 Å². The quantitative estimate of drug-likeness (QED) is 0.456. The van der Waals surface area contributed by atoms with E-state index in [0.29, 0.717) is 17.1 Å². The van der Waals surface area contributed by atoms with Crippen LogP contribution in [0.25, 0.3) is 21.3 Å². The van der Waals surface area contributed by atoms with E-state index in [2.05, 4.69) is 11.1 Å². The van der Waals surface area contributed by atoms with Crippen LogP contribution in [0.15, 0.2) is 60.8 Å². The molecule has 0 spiro atoms. The highest BCUT2D eigenvalue weighted by atomic mass is 35.5. The molecule has 2 aromatic heterocycles. The third-order valence-electron chi connectivity index (χ3n) is 4.18. The van der Waals surface area contributed by atoms with Gasteiger partial charge in [0.25, 0.3) is 0 Å². The molecule has 6 heteroatoms. The number of aromatic nitrogens is 1. The number of hydrogen-bond acceptors (Lipinski definition) is 3.